The number of nitrogens with zero attached hydrogens (tertiary/aromatic N) is 3. The molecule has 6 nitrogen and oxygen atoms in total. The van der Waals surface area contributed by atoms with Gasteiger partial charge in [-0.2, -0.15) is 0 Å². The molecule has 0 atom stereocenters. The van der Waals surface area contributed by atoms with Crippen molar-refractivity contribution in [2.24, 2.45) is 0 Å². The fraction of sp³-hybridized carbons (Fsp3) is 0.0556. The van der Waals surface area contributed by atoms with Crippen molar-refractivity contribution < 1.29 is 9.92 Å². The average Bonchev–Trinajstić information content (AvgIpc) is 3.14. The molecule has 1 aromatic heterocycles. The van der Waals surface area contributed by atoms with E-state index in [1.807, 2.05) is 0 Å². The van der Waals surface area contributed by atoms with Crippen LogP contribution in [0.25, 0.3) is 11.3 Å². The average molecular weight is 459 g/mol. The van der Waals surface area contributed by atoms with Gasteiger partial charge in [0.05, 0.1) is 22.9 Å². The lowest BCUT2D eigenvalue weighted by atomic mass is 10.0. The molecule has 0 saturated carbocycles. The topological polar surface area (TPSA) is 70.2 Å². The molecular formula is C18H11Cl4N3O3. The van der Waals surface area contributed by atoms with Crippen molar-refractivity contribution in [3.63, 3.8) is 0 Å². The molecule has 0 spiro atoms. The van der Waals surface area contributed by atoms with Gasteiger partial charge in [0.2, 0.25) is 0 Å². The summed E-state index contributed by atoms with van der Waals surface area (Å²) in [5.74, 6) is -0.0264. The summed E-state index contributed by atoms with van der Waals surface area (Å²) in [7, 11) is 0. The molecule has 10 heteroatoms. The van der Waals surface area contributed by atoms with Gasteiger partial charge in [0.15, 0.2) is 0 Å². The molecule has 0 aliphatic rings. The Morgan fingerprint density at radius 3 is 2.46 bits per heavy atom. The normalized spacial score (nSPS) is 11.9. The highest BCUT2D eigenvalue weighted by molar-refractivity contribution is 6.42. The molecule has 28 heavy (non-hydrogen) atoms. The van der Waals surface area contributed by atoms with Crippen molar-refractivity contribution in [2.75, 3.05) is 0 Å². The molecular weight excluding hydrogens is 448 g/mol. The predicted octanol–water partition coefficient (Wildman–Crippen LogP) is 6.27. The molecule has 0 saturated heterocycles. The molecule has 0 aliphatic carbocycles. The van der Waals surface area contributed by atoms with Crippen LogP contribution < -0.4 is 0 Å². The Balaban J connectivity index is 2.27. The lowest BCUT2D eigenvalue weighted by Crippen LogP contribution is -2.08. The lowest BCUT2D eigenvalue weighted by molar-refractivity contribution is -0.730. The van der Waals surface area contributed by atoms with Crippen molar-refractivity contribution in [2.45, 2.75) is 6.54 Å². The second-order valence-electron chi connectivity index (χ2n) is 5.61. The van der Waals surface area contributed by atoms with E-state index in [-0.39, 0.29) is 17.3 Å². The van der Waals surface area contributed by atoms with E-state index in [1.54, 1.807) is 47.6 Å². The highest BCUT2D eigenvalue weighted by Gasteiger charge is 2.20. The largest absolute Gasteiger partial charge is 0.333 e. The Kier molecular flexibility index (Phi) is 6.46. The Morgan fingerprint density at radius 1 is 1.07 bits per heavy atom. The van der Waals surface area contributed by atoms with Gasteiger partial charge in [-0.1, -0.05) is 58.5 Å². The van der Waals surface area contributed by atoms with E-state index in [2.05, 4.69) is 4.98 Å². The van der Waals surface area contributed by atoms with Crippen molar-refractivity contribution in [1.82, 2.24) is 9.55 Å². The first-order chi connectivity index (χ1) is 13.3. The third-order valence-corrected chi connectivity index (χ3v) is 5.06. The molecule has 0 fully saturated rings. The van der Waals surface area contributed by atoms with Gasteiger partial charge in [0.25, 0.3) is 5.09 Å². The summed E-state index contributed by atoms with van der Waals surface area (Å²) in [6, 6.07) is 9.43. The summed E-state index contributed by atoms with van der Waals surface area (Å²) in [6.07, 6.45) is 4.87. The minimum atomic E-state index is -0.893. The zero-order valence-corrected chi connectivity index (χ0v) is 17.0. The van der Waals surface area contributed by atoms with Crippen LogP contribution >= 0.6 is 46.4 Å². The molecule has 0 aliphatic heterocycles. The molecule has 0 radical (unpaired) electrons. The fourth-order valence-corrected chi connectivity index (χ4v) is 3.39. The smallest absolute Gasteiger partial charge is 0.299 e. The van der Waals surface area contributed by atoms with Gasteiger partial charge >= 0.3 is 0 Å². The summed E-state index contributed by atoms with van der Waals surface area (Å²) in [6.45, 7) is 0.199. The van der Waals surface area contributed by atoms with Crippen LogP contribution in [-0.2, 0) is 11.4 Å². The third kappa shape index (κ3) is 4.77. The highest BCUT2D eigenvalue weighted by atomic mass is 35.5. The number of aromatic nitrogens is 2. The van der Waals surface area contributed by atoms with E-state index in [0.717, 1.165) is 0 Å². The maximum Gasteiger partial charge on any atom is 0.299 e. The molecule has 144 valence electrons. The summed E-state index contributed by atoms with van der Waals surface area (Å²) in [4.78, 5) is 20.2. The quantitative estimate of drug-likeness (QED) is 0.189. The number of rotatable bonds is 6. The zero-order valence-electron chi connectivity index (χ0n) is 14.0. The van der Waals surface area contributed by atoms with Gasteiger partial charge in [0.1, 0.15) is 5.76 Å². The Morgan fingerprint density at radius 2 is 1.86 bits per heavy atom. The van der Waals surface area contributed by atoms with E-state index in [4.69, 9.17) is 51.2 Å². The molecule has 0 unspecified atom stereocenters. The van der Waals surface area contributed by atoms with Gasteiger partial charge in [-0.3, -0.25) is 4.84 Å². The number of hydrogen-bond acceptors (Lipinski definition) is 4. The maximum absolute atomic E-state index is 11.2. The molecule has 1 heterocycles. The lowest BCUT2D eigenvalue weighted by Gasteiger charge is -2.17. The second-order valence-corrected chi connectivity index (χ2v) is 7.27. The van der Waals surface area contributed by atoms with Gasteiger partial charge in [-0.25, -0.2) is 4.98 Å². The molecule has 3 aromatic rings. The number of hydrogen-bond donors (Lipinski definition) is 0. The highest BCUT2D eigenvalue weighted by Crippen LogP contribution is 2.36. The first-order valence-corrected chi connectivity index (χ1v) is 9.28. The molecule has 0 bridgehead atoms. The first kappa shape index (κ1) is 20.5. The SMILES string of the molecule is O=[N+]([O-])OC(=C(Cn1ccnc1)c1ccc(Cl)cc1Cl)c1ccc(Cl)c(Cl)c1. The van der Waals surface area contributed by atoms with Crippen LogP contribution in [0.4, 0.5) is 0 Å². The third-order valence-electron chi connectivity index (χ3n) is 3.78. The molecule has 0 amide bonds. The Labute approximate surface area is 180 Å². The van der Waals surface area contributed by atoms with Crippen LogP contribution in [0.2, 0.25) is 20.1 Å². The number of allylic oxidation sites excluding steroid dienone is 1. The second kappa shape index (κ2) is 8.84. The van der Waals surface area contributed by atoms with Crippen LogP contribution in [0.1, 0.15) is 11.1 Å². The number of benzene rings is 2. The standard InChI is InChI=1S/C18H11Cl4N3O3/c19-12-2-3-13(16(21)8-12)14(9-24-6-5-23-10-24)18(28-25(26)27)11-1-4-15(20)17(22)7-11/h1-8,10H,9H2. The molecule has 3 rings (SSSR count). The van der Waals surface area contributed by atoms with Gasteiger partial charge in [-0.05, 0) is 24.3 Å². The summed E-state index contributed by atoms with van der Waals surface area (Å²) >= 11 is 24.4. The Hall–Kier alpha value is -2.25. The first-order valence-electron chi connectivity index (χ1n) is 7.77. The van der Waals surface area contributed by atoms with E-state index >= 15 is 0 Å². The van der Waals surface area contributed by atoms with E-state index in [1.165, 1.54) is 12.1 Å². The van der Waals surface area contributed by atoms with Crippen molar-refractivity contribution in [3.8, 4) is 0 Å². The zero-order chi connectivity index (χ0) is 20.3. The van der Waals surface area contributed by atoms with Crippen LogP contribution in [-0.4, -0.2) is 14.6 Å². The van der Waals surface area contributed by atoms with E-state index in [0.29, 0.717) is 31.8 Å². The van der Waals surface area contributed by atoms with E-state index < -0.39 is 5.09 Å². The van der Waals surface area contributed by atoms with Gasteiger partial charge < -0.3 is 4.57 Å². The predicted molar refractivity (Wildman–Crippen MR) is 110 cm³/mol. The number of imidazole rings is 1. The maximum atomic E-state index is 11.2. The summed E-state index contributed by atoms with van der Waals surface area (Å²) < 4.78 is 1.72. The van der Waals surface area contributed by atoms with Crippen LogP contribution in [0.5, 0.6) is 0 Å². The van der Waals surface area contributed by atoms with Gasteiger partial charge in [0, 0.05) is 39.1 Å². The summed E-state index contributed by atoms with van der Waals surface area (Å²) in [5, 5.41) is 11.6. The Bertz CT molecular complexity index is 1050. The van der Waals surface area contributed by atoms with Crippen LogP contribution in [0.15, 0.2) is 55.1 Å². The molecule has 2 aromatic carbocycles. The molecule has 0 N–H and O–H groups in total. The minimum absolute atomic E-state index is 0.0264. The fourth-order valence-electron chi connectivity index (χ4n) is 2.57. The van der Waals surface area contributed by atoms with Crippen molar-refractivity contribution in [3.05, 3.63) is 96.5 Å². The van der Waals surface area contributed by atoms with Crippen molar-refractivity contribution in [1.29, 1.82) is 0 Å². The summed E-state index contributed by atoms with van der Waals surface area (Å²) in [5.41, 5.74) is 1.32. The monoisotopic (exact) mass is 457 g/mol. The van der Waals surface area contributed by atoms with Gasteiger partial charge in [-0.15, -0.1) is 10.1 Å². The van der Waals surface area contributed by atoms with Crippen LogP contribution in [0.3, 0.4) is 0 Å². The van der Waals surface area contributed by atoms with Crippen molar-refractivity contribution >= 4 is 57.7 Å². The van der Waals surface area contributed by atoms with Crippen LogP contribution in [0, 0.1) is 10.1 Å². The minimum Gasteiger partial charge on any atom is -0.333 e. The van der Waals surface area contributed by atoms with E-state index in [9.17, 15) is 10.1 Å². The number of halogens is 4.